The first-order valence-corrected chi connectivity index (χ1v) is 15.6. The average Bonchev–Trinajstić information content (AvgIpc) is 3.71. The maximum Gasteiger partial charge on any atom is 0.286 e. The van der Waals surface area contributed by atoms with Gasteiger partial charge in [0.15, 0.2) is 11.5 Å². The molecule has 0 bridgehead atoms. The van der Waals surface area contributed by atoms with Gasteiger partial charge < -0.3 is 5.11 Å². The number of para-hydroxylation sites is 1. The van der Waals surface area contributed by atoms with Crippen LogP contribution in [0.5, 0.6) is 5.75 Å². The number of nitrogens with zero attached hydrogens (tertiary/aromatic N) is 6. The number of aryl methyl sites for hydroxylation is 2. The molecule has 2 unspecified atom stereocenters. The van der Waals surface area contributed by atoms with E-state index in [1.165, 1.54) is 4.90 Å². The highest BCUT2D eigenvalue weighted by Gasteiger charge is 2.40. The number of hydrogen-bond donors (Lipinski definition) is 3. The van der Waals surface area contributed by atoms with E-state index in [4.69, 9.17) is 0 Å². The minimum Gasteiger partial charge on any atom is -0.505 e. The summed E-state index contributed by atoms with van der Waals surface area (Å²) in [5, 5.41) is 30.4. The summed E-state index contributed by atoms with van der Waals surface area (Å²) < 4.78 is 0. The lowest BCUT2D eigenvalue weighted by Crippen LogP contribution is -2.49. The van der Waals surface area contributed by atoms with E-state index in [1.54, 1.807) is 13.0 Å². The predicted octanol–water partition coefficient (Wildman–Crippen LogP) is 5.11. The van der Waals surface area contributed by atoms with Gasteiger partial charge >= 0.3 is 0 Å². The maximum atomic E-state index is 14.0. The van der Waals surface area contributed by atoms with Crippen LogP contribution in [0.3, 0.4) is 0 Å². The fourth-order valence-electron chi connectivity index (χ4n) is 6.51. The second-order valence-electron chi connectivity index (χ2n) is 12.3. The van der Waals surface area contributed by atoms with Crippen LogP contribution < -0.4 is 10.3 Å². The Morgan fingerprint density at radius 3 is 2.55 bits per heavy atom. The lowest BCUT2D eigenvalue weighted by molar-refractivity contribution is -0.121. The Morgan fingerprint density at radius 2 is 1.84 bits per heavy atom. The van der Waals surface area contributed by atoms with Gasteiger partial charge in [0.05, 0.1) is 11.4 Å². The van der Waals surface area contributed by atoms with Crippen molar-refractivity contribution in [2.24, 2.45) is 5.10 Å². The van der Waals surface area contributed by atoms with Crippen LogP contribution in [0, 0.1) is 13.8 Å². The number of aromatic amines is 1. The first-order chi connectivity index (χ1) is 21.3. The molecule has 3 aliphatic rings. The van der Waals surface area contributed by atoms with Crippen molar-refractivity contribution >= 4 is 28.9 Å². The second-order valence-corrected chi connectivity index (χ2v) is 12.3. The number of likely N-dealkylation sites (N-methyl/N-ethyl adjacent to an activating group) is 1. The fraction of sp³-hybridized carbons (Fsp3) is 0.455. The van der Waals surface area contributed by atoms with Crippen LogP contribution in [0.25, 0.3) is 0 Å². The molecule has 230 valence electrons. The molecule has 44 heavy (non-hydrogen) atoms. The Labute approximate surface area is 257 Å². The molecule has 2 aliphatic carbocycles. The number of phenolic OH excluding ortho intramolecular Hbond substituents is 1. The number of carbonyl (C=O) groups excluding carboxylic acids is 2. The fourth-order valence-corrected chi connectivity index (χ4v) is 6.51. The quantitative estimate of drug-likeness (QED) is 0.176. The van der Waals surface area contributed by atoms with Gasteiger partial charge in [0, 0.05) is 24.1 Å². The molecule has 1 aliphatic heterocycles. The largest absolute Gasteiger partial charge is 0.505 e. The molecule has 3 N–H and O–H groups in total. The molecular weight excluding hydrogens is 556 g/mol. The standard InChI is InChI=1S/C33H40N8O3/c1-5-40(24-14-15-24)18-27-21(4)29(33(44)41(32(27)43)25-13-12-19(2)20(3)16-25)35-34-28-11-7-10-26(30(28)42)22-8-6-9-23(17-22)31-36-38-39-37-31/h7,10-13,16,22-24,34,42H,5-6,8-9,14-15,17-18H2,1-4H3,(H,36,37,38,39). The van der Waals surface area contributed by atoms with Crippen molar-refractivity contribution in [1.29, 1.82) is 0 Å². The zero-order valence-corrected chi connectivity index (χ0v) is 25.8. The number of amides is 2. The minimum absolute atomic E-state index is 0.108. The Balaban J connectivity index is 1.32. The average molecular weight is 597 g/mol. The molecule has 0 saturated heterocycles. The van der Waals surface area contributed by atoms with E-state index in [2.05, 4.69) is 43.0 Å². The van der Waals surface area contributed by atoms with E-state index in [1.807, 2.05) is 44.2 Å². The highest BCUT2D eigenvalue weighted by molar-refractivity contribution is 6.57. The number of H-pyrrole nitrogens is 1. The molecule has 3 aromatic rings. The van der Waals surface area contributed by atoms with E-state index in [-0.39, 0.29) is 29.2 Å². The SMILES string of the molecule is CCN(CC1=C(C)C(=NNc2cccc(C3CCCC(c4nnn[nH]4)C3)c2O)C(=O)N(c2ccc(C)c(C)c2)C1=O)C1CC1. The lowest BCUT2D eigenvalue weighted by atomic mass is 9.77. The molecular formula is C33H40N8O3. The normalized spacial score (nSPS) is 21.9. The van der Waals surface area contributed by atoms with Crippen molar-refractivity contribution in [2.45, 2.75) is 84.1 Å². The van der Waals surface area contributed by atoms with E-state index in [0.717, 1.165) is 67.6 Å². The van der Waals surface area contributed by atoms with Crippen LogP contribution in [0.1, 0.15) is 86.7 Å². The lowest BCUT2D eigenvalue weighted by Gasteiger charge is -2.31. The molecule has 0 spiro atoms. The molecule has 2 heterocycles. The number of phenols is 1. The molecule has 2 saturated carbocycles. The molecule has 1 aromatic heterocycles. The van der Waals surface area contributed by atoms with Crippen molar-refractivity contribution in [3.63, 3.8) is 0 Å². The number of nitrogens with one attached hydrogen (secondary N) is 2. The highest BCUT2D eigenvalue weighted by Crippen LogP contribution is 2.44. The summed E-state index contributed by atoms with van der Waals surface area (Å²) in [5.74, 6) is 0.392. The summed E-state index contributed by atoms with van der Waals surface area (Å²) in [6.07, 6.45) is 5.96. The number of benzene rings is 2. The van der Waals surface area contributed by atoms with E-state index < -0.39 is 5.91 Å². The molecule has 11 heteroatoms. The number of tetrazole rings is 1. The van der Waals surface area contributed by atoms with Crippen LogP contribution in [-0.4, -0.2) is 67.3 Å². The number of carbonyl (C=O) groups is 2. The van der Waals surface area contributed by atoms with Crippen molar-refractivity contribution < 1.29 is 14.7 Å². The summed E-state index contributed by atoms with van der Waals surface area (Å²) in [7, 11) is 0. The minimum atomic E-state index is -0.493. The number of aromatic nitrogens is 4. The van der Waals surface area contributed by atoms with Crippen LogP contribution >= 0.6 is 0 Å². The molecule has 2 fully saturated rings. The second kappa shape index (κ2) is 12.3. The highest BCUT2D eigenvalue weighted by atomic mass is 16.3. The van der Waals surface area contributed by atoms with Gasteiger partial charge in [0.2, 0.25) is 0 Å². The van der Waals surface area contributed by atoms with Crippen LogP contribution in [0.2, 0.25) is 0 Å². The Morgan fingerprint density at radius 1 is 1.05 bits per heavy atom. The summed E-state index contributed by atoms with van der Waals surface area (Å²) in [4.78, 5) is 31.4. The van der Waals surface area contributed by atoms with E-state index in [0.29, 0.717) is 35.1 Å². The summed E-state index contributed by atoms with van der Waals surface area (Å²) in [6.45, 7) is 9.11. The summed E-state index contributed by atoms with van der Waals surface area (Å²) >= 11 is 0. The first-order valence-electron chi connectivity index (χ1n) is 15.6. The maximum absolute atomic E-state index is 14.0. The van der Waals surface area contributed by atoms with Gasteiger partial charge in [-0.1, -0.05) is 31.5 Å². The number of aromatic hydroxyl groups is 1. The predicted molar refractivity (Wildman–Crippen MR) is 169 cm³/mol. The van der Waals surface area contributed by atoms with Gasteiger partial charge in [-0.3, -0.25) is 19.9 Å². The van der Waals surface area contributed by atoms with Crippen LogP contribution in [0.15, 0.2) is 52.6 Å². The summed E-state index contributed by atoms with van der Waals surface area (Å²) in [5.41, 5.74) is 8.08. The molecule has 2 amide bonds. The van der Waals surface area contributed by atoms with Crippen molar-refractivity contribution in [3.05, 3.63) is 70.1 Å². The number of hydrogen-bond acceptors (Lipinski definition) is 9. The molecule has 6 rings (SSSR count). The smallest absolute Gasteiger partial charge is 0.286 e. The van der Waals surface area contributed by atoms with Crippen LogP contribution in [0.4, 0.5) is 11.4 Å². The number of rotatable bonds is 9. The molecule has 2 atom stereocenters. The third-order valence-corrected chi connectivity index (χ3v) is 9.47. The van der Waals surface area contributed by atoms with E-state index in [9.17, 15) is 14.7 Å². The monoisotopic (exact) mass is 596 g/mol. The van der Waals surface area contributed by atoms with Gasteiger partial charge in [-0.05, 0) is 116 Å². The number of imide groups is 1. The first kappa shape index (κ1) is 29.7. The third kappa shape index (κ3) is 5.76. The van der Waals surface area contributed by atoms with Gasteiger partial charge in [-0.25, -0.2) is 10.00 Å². The van der Waals surface area contributed by atoms with Crippen molar-refractivity contribution in [3.8, 4) is 5.75 Å². The van der Waals surface area contributed by atoms with Gasteiger partial charge in [0.25, 0.3) is 11.8 Å². The Bertz CT molecular complexity index is 1630. The topological polar surface area (TPSA) is 140 Å². The molecule has 11 nitrogen and oxygen atoms in total. The molecule has 0 radical (unpaired) electrons. The Kier molecular flexibility index (Phi) is 8.31. The molecule has 2 aromatic carbocycles. The summed E-state index contributed by atoms with van der Waals surface area (Å²) in [6, 6.07) is 11.6. The van der Waals surface area contributed by atoms with Gasteiger partial charge in [-0.2, -0.15) is 5.10 Å². The van der Waals surface area contributed by atoms with Gasteiger partial charge in [-0.15, -0.1) is 5.10 Å². The van der Waals surface area contributed by atoms with Gasteiger partial charge in [0.1, 0.15) is 5.75 Å². The van der Waals surface area contributed by atoms with Crippen molar-refractivity contribution in [1.82, 2.24) is 25.5 Å². The van der Waals surface area contributed by atoms with E-state index >= 15 is 0 Å². The Hall–Kier alpha value is -4.38. The van der Waals surface area contributed by atoms with Crippen LogP contribution in [-0.2, 0) is 9.59 Å². The zero-order valence-electron chi connectivity index (χ0n) is 25.8. The zero-order chi connectivity index (χ0) is 31.0. The number of anilines is 2. The third-order valence-electron chi connectivity index (χ3n) is 9.47. The van der Waals surface area contributed by atoms with Crippen molar-refractivity contribution in [2.75, 3.05) is 23.4 Å². The number of hydrazone groups is 1.